The van der Waals surface area contributed by atoms with E-state index in [1.807, 2.05) is 0 Å². The highest BCUT2D eigenvalue weighted by Gasteiger charge is 2.11. The first-order chi connectivity index (χ1) is 6.85. The van der Waals surface area contributed by atoms with Crippen LogP contribution in [0.5, 0.6) is 0 Å². The van der Waals surface area contributed by atoms with Crippen molar-refractivity contribution in [2.45, 2.75) is 71.4 Å². The molecule has 14 heavy (non-hydrogen) atoms. The topological polar surface area (TPSA) is 9.23 Å². The molecule has 0 aliphatic carbocycles. The Balaban J connectivity index is 3.44. The second-order valence-corrected chi connectivity index (χ2v) is 6.25. The first kappa shape index (κ1) is 14.2. The summed E-state index contributed by atoms with van der Waals surface area (Å²) < 4.78 is 5.84. The summed E-state index contributed by atoms with van der Waals surface area (Å²) in [6.07, 6.45) is 8.20. The minimum Gasteiger partial charge on any atom is -0.417 e. The van der Waals surface area contributed by atoms with Crippen LogP contribution in [0.15, 0.2) is 0 Å². The van der Waals surface area contributed by atoms with E-state index in [1.54, 1.807) is 0 Å². The van der Waals surface area contributed by atoms with E-state index in [-0.39, 0.29) is 0 Å². The number of hydrogen-bond acceptors (Lipinski definition) is 1. The fraction of sp³-hybridized carbons (Fsp3) is 1.00. The van der Waals surface area contributed by atoms with Gasteiger partial charge in [-0.15, -0.1) is 0 Å². The van der Waals surface area contributed by atoms with E-state index < -0.39 is 9.04 Å². The molecule has 0 aliphatic heterocycles. The number of unbranched alkanes of at least 4 members (excludes halogenated alkanes) is 4. The molecule has 0 fully saturated rings. The molecule has 0 saturated heterocycles. The second kappa shape index (κ2) is 11.3. The Morgan fingerprint density at radius 2 is 1.29 bits per heavy atom. The van der Waals surface area contributed by atoms with Crippen molar-refractivity contribution in [3.63, 3.8) is 0 Å². The van der Waals surface area contributed by atoms with Gasteiger partial charge in [-0.3, -0.25) is 0 Å². The van der Waals surface area contributed by atoms with Crippen molar-refractivity contribution in [2.24, 2.45) is 0 Å². The Bertz CT molecular complexity index is 96.5. The molecule has 0 saturated carbocycles. The third-order valence-electron chi connectivity index (χ3n) is 2.47. The summed E-state index contributed by atoms with van der Waals surface area (Å²) in [7, 11) is -0.440. The highest BCUT2D eigenvalue weighted by molar-refractivity contribution is 6.51. The lowest BCUT2D eigenvalue weighted by atomic mass is 10.3. The summed E-state index contributed by atoms with van der Waals surface area (Å²) >= 11 is 0. The van der Waals surface area contributed by atoms with Gasteiger partial charge in [0.1, 0.15) is 0 Å². The summed E-state index contributed by atoms with van der Waals surface area (Å²) in [5.74, 6) is 0. The Kier molecular flexibility index (Phi) is 11.4. The molecule has 0 atom stereocenters. The molecule has 1 nitrogen and oxygen atoms in total. The van der Waals surface area contributed by atoms with Crippen LogP contribution in [0.2, 0.25) is 12.1 Å². The van der Waals surface area contributed by atoms with Crippen LogP contribution in [-0.2, 0) is 4.43 Å². The lowest BCUT2D eigenvalue weighted by molar-refractivity contribution is 0.338. The van der Waals surface area contributed by atoms with Gasteiger partial charge in [-0.25, -0.2) is 0 Å². The first-order valence-corrected chi connectivity index (χ1v) is 8.14. The third kappa shape index (κ3) is 8.76. The lowest BCUT2D eigenvalue weighted by Crippen LogP contribution is -2.17. The van der Waals surface area contributed by atoms with Crippen molar-refractivity contribution in [3.05, 3.63) is 0 Å². The summed E-state index contributed by atoms with van der Waals surface area (Å²) in [4.78, 5) is 0. The normalized spacial score (nSPS) is 11.1. The zero-order valence-electron chi connectivity index (χ0n) is 10.3. The zero-order chi connectivity index (χ0) is 10.6. The molecule has 0 aliphatic rings. The van der Waals surface area contributed by atoms with Crippen LogP contribution in [-0.4, -0.2) is 15.6 Å². The Morgan fingerprint density at radius 3 is 1.64 bits per heavy atom. The molecule has 1 radical (unpaired) electrons. The highest BCUT2D eigenvalue weighted by atomic mass is 28.3. The van der Waals surface area contributed by atoms with E-state index >= 15 is 0 Å². The van der Waals surface area contributed by atoms with Gasteiger partial charge >= 0.3 is 0 Å². The van der Waals surface area contributed by atoms with Crippen molar-refractivity contribution in [3.8, 4) is 0 Å². The maximum atomic E-state index is 5.84. The van der Waals surface area contributed by atoms with Gasteiger partial charge in [0.15, 0.2) is 0 Å². The molecule has 0 aromatic carbocycles. The van der Waals surface area contributed by atoms with Crippen LogP contribution in [0.3, 0.4) is 0 Å². The molecule has 2 heteroatoms. The molecule has 0 N–H and O–H groups in total. The van der Waals surface area contributed by atoms with Crippen LogP contribution in [0.25, 0.3) is 0 Å². The molecule has 0 aromatic rings. The van der Waals surface area contributed by atoms with Crippen molar-refractivity contribution in [2.75, 3.05) is 6.61 Å². The molecule has 0 bridgehead atoms. The maximum Gasteiger partial charge on any atom is 0.211 e. The average Bonchev–Trinajstić information content (AvgIpc) is 2.18. The highest BCUT2D eigenvalue weighted by Crippen LogP contribution is 2.12. The van der Waals surface area contributed by atoms with Gasteiger partial charge in [0, 0.05) is 6.61 Å². The summed E-state index contributed by atoms with van der Waals surface area (Å²) in [6.45, 7) is 7.59. The SMILES string of the molecule is CCCCC[Si](CCCCC)OCC. The molecular formula is C12H27OSi. The molecule has 0 unspecified atom stereocenters. The summed E-state index contributed by atoms with van der Waals surface area (Å²) in [5.41, 5.74) is 0. The molecule has 0 rings (SSSR count). The lowest BCUT2D eigenvalue weighted by Gasteiger charge is -2.13. The van der Waals surface area contributed by atoms with Crippen LogP contribution in [0.1, 0.15) is 59.3 Å². The van der Waals surface area contributed by atoms with Crippen LogP contribution in [0.4, 0.5) is 0 Å². The third-order valence-corrected chi connectivity index (χ3v) is 4.99. The van der Waals surface area contributed by atoms with E-state index in [2.05, 4.69) is 20.8 Å². The van der Waals surface area contributed by atoms with Crippen molar-refractivity contribution < 1.29 is 4.43 Å². The van der Waals surface area contributed by atoms with Gasteiger partial charge in [0.05, 0.1) is 0 Å². The zero-order valence-corrected chi connectivity index (χ0v) is 11.3. The molecule has 0 amide bonds. The van der Waals surface area contributed by atoms with Gasteiger partial charge in [-0.1, -0.05) is 52.4 Å². The summed E-state index contributed by atoms with van der Waals surface area (Å²) in [6, 6.07) is 2.74. The quantitative estimate of drug-likeness (QED) is 0.388. The Morgan fingerprint density at radius 1 is 0.786 bits per heavy atom. The minimum atomic E-state index is -0.440. The van der Waals surface area contributed by atoms with Crippen LogP contribution < -0.4 is 0 Å². The Labute approximate surface area is 92.0 Å². The van der Waals surface area contributed by atoms with Gasteiger partial charge in [-0.2, -0.15) is 0 Å². The van der Waals surface area contributed by atoms with E-state index in [1.165, 1.54) is 50.6 Å². The van der Waals surface area contributed by atoms with Crippen molar-refractivity contribution >= 4 is 9.04 Å². The second-order valence-electron chi connectivity index (χ2n) is 3.89. The maximum absolute atomic E-state index is 5.84. The van der Waals surface area contributed by atoms with Crippen molar-refractivity contribution in [1.29, 1.82) is 0 Å². The Hall–Kier alpha value is 0.177. The molecule has 0 aromatic heterocycles. The van der Waals surface area contributed by atoms with Crippen LogP contribution >= 0.6 is 0 Å². The minimum absolute atomic E-state index is 0.440. The number of hydrogen-bond donors (Lipinski definition) is 0. The fourth-order valence-electron chi connectivity index (χ4n) is 1.62. The predicted molar refractivity (Wildman–Crippen MR) is 66.0 cm³/mol. The van der Waals surface area contributed by atoms with Gasteiger partial charge < -0.3 is 4.43 Å². The smallest absolute Gasteiger partial charge is 0.211 e. The predicted octanol–water partition coefficient (Wildman–Crippen LogP) is 4.39. The van der Waals surface area contributed by atoms with E-state index in [0.717, 1.165) is 6.61 Å². The average molecular weight is 215 g/mol. The summed E-state index contributed by atoms with van der Waals surface area (Å²) in [5, 5.41) is 0. The molecule has 0 spiro atoms. The fourth-order valence-corrected chi connectivity index (χ4v) is 3.85. The van der Waals surface area contributed by atoms with E-state index in [0.29, 0.717) is 0 Å². The van der Waals surface area contributed by atoms with E-state index in [4.69, 9.17) is 4.43 Å². The standard InChI is InChI=1S/C12H27OSi/c1-4-7-9-11-14(13-6-3)12-10-8-5-2/h4-12H2,1-3H3. The molecule has 0 heterocycles. The first-order valence-electron chi connectivity index (χ1n) is 6.32. The van der Waals surface area contributed by atoms with Gasteiger partial charge in [0.25, 0.3) is 0 Å². The van der Waals surface area contributed by atoms with E-state index in [9.17, 15) is 0 Å². The number of rotatable bonds is 10. The molecular weight excluding hydrogens is 188 g/mol. The van der Waals surface area contributed by atoms with Gasteiger partial charge in [-0.05, 0) is 19.0 Å². The monoisotopic (exact) mass is 215 g/mol. The molecule has 85 valence electrons. The van der Waals surface area contributed by atoms with Gasteiger partial charge in [0.2, 0.25) is 9.04 Å². The van der Waals surface area contributed by atoms with Crippen LogP contribution in [0, 0.1) is 0 Å². The largest absolute Gasteiger partial charge is 0.417 e. The van der Waals surface area contributed by atoms with Crippen molar-refractivity contribution in [1.82, 2.24) is 0 Å².